The molecule has 0 bridgehead atoms. The summed E-state index contributed by atoms with van der Waals surface area (Å²) >= 11 is 0. The maximum Gasteiger partial charge on any atom is 0.469 e. The Labute approximate surface area is 101 Å². The zero-order chi connectivity index (χ0) is 14.1. The van der Waals surface area contributed by atoms with Crippen LogP contribution < -0.4 is 0 Å². The zero-order valence-corrected chi connectivity index (χ0v) is 9.87. The number of aliphatic hydroxyl groups excluding tert-OH is 5. The summed E-state index contributed by atoms with van der Waals surface area (Å²) in [5.74, 6) is 0. The SMILES string of the molecule is O=P(O)(O)OC[C@H](O)[C@H]1OC(O)[C@@H](O)[C@@H](O)[C@@H]1O. The Kier molecular flexibility index (Phi) is 5.21. The first-order chi connectivity index (χ1) is 8.13. The van der Waals surface area contributed by atoms with E-state index >= 15 is 0 Å². The Hall–Kier alpha value is -0.130. The molecule has 0 aromatic rings. The third-order valence-electron chi connectivity index (χ3n) is 2.42. The summed E-state index contributed by atoms with van der Waals surface area (Å²) in [4.78, 5) is 16.8. The highest BCUT2D eigenvalue weighted by Gasteiger charge is 2.46. The average molecular weight is 290 g/mol. The Morgan fingerprint density at radius 2 is 1.67 bits per heavy atom. The van der Waals surface area contributed by atoms with E-state index in [9.17, 15) is 19.9 Å². The summed E-state index contributed by atoms with van der Waals surface area (Å²) in [6.45, 7) is -0.887. The van der Waals surface area contributed by atoms with E-state index in [1.807, 2.05) is 0 Å². The molecule has 18 heavy (non-hydrogen) atoms. The smallest absolute Gasteiger partial charge is 0.388 e. The minimum absolute atomic E-state index is 0.887. The van der Waals surface area contributed by atoms with Gasteiger partial charge in [-0.1, -0.05) is 0 Å². The number of phosphoric acid groups is 1. The van der Waals surface area contributed by atoms with Gasteiger partial charge in [-0.25, -0.2) is 4.57 Å². The molecule has 0 aromatic carbocycles. The second-order valence-electron chi connectivity index (χ2n) is 3.82. The van der Waals surface area contributed by atoms with E-state index in [0.717, 1.165) is 0 Å². The van der Waals surface area contributed by atoms with Gasteiger partial charge in [0.25, 0.3) is 0 Å². The van der Waals surface area contributed by atoms with Gasteiger partial charge in [0.15, 0.2) is 6.29 Å². The molecule has 11 heteroatoms. The van der Waals surface area contributed by atoms with Gasteiger partial charge in [-0.15, -0.1) is 0 Å². The molecule has 0 radical (unpaired) electrons. The first-order valence-electron chi connectivity index (χ1n) is 4.89. The largest absolute Gasteiger partial charge is 0.469 e. The Morgan fingerprint density at radius 3 is 2.17 bits per heavy atom. The minimum atomic E-state index is -4.80. The van der Waals surface area contributed by atoms with Crippen LogP contribution in [-0.2, 0) is 13.8 Å². The molecule has 1 fully saturated rings. The molecule has 0 amide bonds. The van der Waals surface area contributed by atoms with E-state index in [1.54, 1.807) is 0 Å². The van der Waals surface area contributed by atoms with Crippen molar-refractivity contribution < 1.29 is 49.1 Å². The number of ether oxygens (including phenoxy) is 1. The Balaban J connectivity index is 2.62. The Morgan fingerprint density at radius 1 is 1.11 bits per heavy atom. The van der Waals surface area contributed by atoms with Gasteiger partial charge < -0.3 is 40.1 Å². The maximum absolute atomic E-state index is 10.4. The van der Waals surface area contributed by atoms with E-state index in [4.69, 9.17) is 20.0 Å². The van der Waals surface area contributed by atoms with Gasteiger partial charge in [-0.2, -0.15) is 0 Å². The highest BCUT2D eigenvalue weighted by Crippen LogP contribution is 2.36. The quantitative estimate of drug-likeness (QED) is 0.254. The summed E-state index contributed by atoms with van der Waals surface area (Å²) in [6, 6.07) is 0. The average Bonchev–Trinajstić information content (AvgIpc) is 2.27. The van der Waals surface area contributed by atoms with Crippen molar-refractivity contribution in [2.24, 2.45) is 0 Å². The van der Waals surface area contributed by atoms with Crippen LogP contribution in [0.4, 0.5) is 0 Å². The molecule has 0 spiro atoms. The predicted octanol–water partition coefficient (Wildman–Crippen LogP) is -3.74. The van der Waals surface area contributed by atoms with Crippen LogP contribution in [0.1, 0.15) is 0 Å². The third-order valence-corrected chi connectivity index (χ3v) is 2.90. The lowest BCUT2D eigenvalue weighted by Gasteiger charge is -2.40. The molecule has 0 saturated carbocycles. The van der Waals surface area contributed by atoms with Crippen molar-refractivity contribution in [3.05, 3.63) is 0 Å². The van der Waals surface area contributed by atoms with Crippen LogP contribution >= 0.6 is 7.82 Å². The lowest BCUT2D eigenvalue weighted by molar-refractivity contribution is -0.298. The topological polar surface area (TPSA) is 177 Å². The van der Waals surface area contributed by atoms with Gasteiger partial charge in [0, 0.05) is 0 Å². The van der Waals surface area contributed by atoms with Gasteiger partial charge in [0.2, 0.25) is 0 Å². The van der Waals surface area contributed by atoms with Crippen LogP contribution in [0.5, 0.6) is 0 Å². The van der Waals surface area contributed by atoms with Gasteiger partial charge >= 0.3 is 7.82 Å². The molecule has 0 aromatic heterocycles. The van der Waals surface area contributed by atoms with Crippen LogP contribution in [0.15, 0.2) is 0 Å². The molecule has 10 nitrogen and oxygen atoms in total. The molecule has 1 rings (SSSR count). The molecule has 1 saturated heterocycles. The summed E-state index contributed by atoms with van der Waals surface area (Å²) in [5, 5.41) is 46.6. The molecule has 7 N–H and O–H groups in total. The standard InChI is InChI=1S/C7H15O10P/c8-2(1-16-18(13,14)15)6-4(10)3(9)5(11)7(12)17-6/h2-12H,1H2,(H2,13,14,15)/t2-,3-,4-,5-,6+,7?/m0/s1. The van der Waals surface area contributed by atoms with Gasteiger partial charge in [0.1, 0.15) is 30.5 Å². The first kappa shape index (κ1) is 15.9. The molecule has 1 aliphatic heterocycles. The fourth-order valence-electron chi connectivity index (χ4n) is 1.47. The lowest BCUT2D eigenvalue weighted by Crippen LogP contribution is -2.61. The van der Waals surface area contributed by atoms with Crippen LogP contribution in [-0.4, -0.2) is 78.7 Å². The molecule has 108 valence electrons. The second-order valence-corrected chi connectivity index (χ2v) is 5.06. The van der Waals surface area contributed by atoms with Crippen molar-refractivity contribution in [3.8, 4) is 0 Å². The highest BCUT2D eigenvalue weighted by molar-refractivity contribution is 7.46. The number of phosphoric ester groups is 1. The minimum Gasteiger partial charge on any atom is -0.388 e. The number of aliphatic hydroxyl groups is 5. The normalized spacial score (nSPS) is 39.6. The van der Waals surface area contributed by atoms with Crippen LogP contribution in [0, 0.1) is 0 Å². The summed E-state index contributed by atoms with van der Waals surface area (Å²) in [5.41, 5.74) is 0. The van der Waals surface area contributed by atoms with Gasteiger partial charge in [0.05, 0.1) is 6.61 Å². The molecular weight excluding hydrogens is 275 g/mol. The molecule has 1 aliphatic rings. The maximum atomic E-state index is 10.4. The molecule has 6 atom stereocenters. The van der Waals surface area contributed by atoms with Crippen molar-refractivity contribution >= 4 is 7.82 Å². The van der Waals surface area contributed by atoms with Crippen molar-refractivity contribution in [2.75, 3.05) is 6.61 Å². The van der Waals surface area contributed by atoms with Crippen molar-refractivity contribution in [2.45, 2.75) is 36.8 Å². The Bertz CT molecular complexity index is 317. The van der Waals surface area contributed by atoms with E-state index in [0.29, 0.717) is 0 Å². The van der Waals surface area contributed by atoms with E-state index in [1.165, 1.54) is 0 Å². The van der Waals surface area contributed by atoms with Gasteiger partial charge in [-0.3, -0.25) is 4.52 Å². The van der Waals surface area contributed by atoms with Crippen LogP contribution in [0.25, 0.3) is 0 Å². The van der Waals surface area contributed by atoms with Crippen molar-refractivity contribution in [1.29, 1.82) is 0 Å². The predicted molar refractivity (Wildman–Crippen MR) is 52.9 cm³/mol. The fraction of sp³-hybridized carbons (Fsp3) is 1.00. The van der Waals surface area contributed by atoms with Crippen LogP contribution in [0.3, 0.4) is 0 Å². The van der Waals surface area contributed by atoms with Crippen molar-refractivity contribution in [3.63, 3.8) is 0 Å². The number of hydrogen-bond donors (Lipinski definition) is 7. The van der Waals surface area contributed by atoms with Crippen LogP contribution in [0.2, 0.25) is 0 Å². The highest BCUT2D eigenvalue weighted by atomic mass is 31.2. The van der Waals surface area contributed by atoms with E-state index < -0.39 is 51.2 Å². The van der Waals surface area contributed by atoms with E-state index in [-0.39, 0.29) is 0 Å². The molecular formula is C7H15O10P. The molecule has 1 heterocycles. The molecule has 0 aliphatic carbocycles. The monoisotopic (exact) mass is 290 g/mol. The summed E-state index contributed by atoms with van der Waals surface area (Å²) in [6.07, 6.45) is -10.4. The van der Waals surface area contributed by atoms with Crippen molar-refractivity contribution in [1.82, 2.24) is 0 Å². The summed E-state index contributed by atoms with van der Waals surface area (Å²) in [7, 11) is -4.80. The lowest BCUT2D eigenvalue weighted by atomic mass is 9.96. The number of rotatable bonds is 4. The van der Waals surface area contributed by atoms with E-state index in [2.05, 4.69) is 9.26 Å². The molecule has 1 unspecified atom stereocenters. The van der Waals surface area contributed by atoms with Gasteiger partial charge in [-0.05, 0) is 0 Å². The second kappa shape index (κ2) is 5.88. The number of hydrogen-bond acceptors (Lipinski definition) is 8. The summed E-state index contributed by atoms with van der Waals surface area (Å²) < 4.78 is 19.0. The first-order valence-corrected chi connectivity index (χ1v) is 6.42. The zero-order valence-electron chi connectivity index (χ0n) is 8.97. The third kappa shape index (κ3) is 3.93. The fourth-order valence-corrected chi connectivity index (χ4v) is 1.82.